The average Bonchev–Trinajstić information content (AvgIpc) is 2.70. The fraction of sp³-hybridized carbons (Fsp3) is 0.208. The standard InChI is InChI=1S/C24H24BrNO2/c1-3-16(2)19-9-10-22(23(27)14-19)26-15-20-12-18(13-21(25)24(20)28)11-17-7-5-4-6-8-17/h4-10,12-16,27-28H,3,11H2,1-2H3/t16-/m1/s1. The highest BCUT2D eigenvalue weighted by atomic mass is 79.9. The summed E-state index contributed by atoms with van der Waals surface area (Å²) in [4.78, 5) is 4.40. The zero-order valence-corrected chi connectivity index (χ0v) is 17.6. The number of aliphatic imine (C=N–C) groups is 1. The molecule has 3 aromatic carbocycles. The number of hydrogen-bond donors (Lipinski definition) is 2. The van der Waals surface area contributed by atoms with Crippen LogP contribution >= 0.6 is 15.9 Å². The molecule has 0 aliphatic heterocycles. The molecule has 0 unspecified atom stereocenters. The van der Waals surface area contributed by atoms with Gasteiger partial charge in [-0.1, -0.05) is 50.2 Å². The van der Waals surface area contributed by atoms with Gasteiger partial charge in [0.15, 0.2) is 0 Å². The van der Waals surface area contributed by atoms with Gasteiger partial charge in [0.05, 0.1) is 4.47 Å². The van der Waals surface area contributed by atoms with Crippen LogP contribution in [0.5, 0.6) is 11.5 Å². The van der Waals surface area contributed by atoms with Gasteiger partial charge < -0.3 is 10.2 Å². The largest absolute Gasteiger partial charge is 0.506 e. The highest BCUT2D eigenvalue weighted by Crippen LogP contribution is 2.33. The quantitative estimate of drug-likeness (QED) is 0.420. The highest BCUT2D eigenvalue weighted by molar-refractivity contribution is 9.10. The first kappa shape index (κ1) is 20.2. The van der Waals surface area contributed by atoms with Crippen molar-refractivity contribution < 1.29 is 10.2 Å². The van der Waals surface area contributed by atoms with E-state index in [0.29, 0.717) is 21.6 Å². The number of benzene rings is 3. The molecule has 0 aliphatic rings. The molecule has 0 saturated heterocycles. The summed E-state index contributed by atoms with van der Waals surface area (Å²) in [6.07, 6.45) is 3.36. The molecule has 0 amide bonds. The van der Waals surface area contributed by atoms with Gasteiger partial charge >= 0.3 is 0 Å². The summed E-state index contributed by atoms with van der Waals surface area (Å²) in [5.41, 5.74) is 4.44. The molecule has 0 aliphatic carbocycles. The summed E-state index contributed by atoms with van der Waals surface area (Å²) in [6, 6.07) is 19.6. The van der Waals surface area contributed by atoms with Crippen molar-refractivity contribution in [1.29, 1.82) is 0 Å². The van der Waals surface area contributed by atoms with Crippen molar-refractivity contribution in [2.24, 2.45) is 4.99 Å². The Balaban J connectivity index is 1.87. The van der Waals surface area contributed by atoms with Crippen molar-refractivity contribution in [1.82, 2.24) is 0 Å². The van der Waals surface area contributed by atoms with E-state index in [1.165, 1.54) is 5.56 Å². The van der Waals surface area contributed by atoms with Gasteiger partial charge in [0.2, 0.25) is 0 Å². The van der Waals surface area contributed by atoms with E-state index in [0.717, 1.165) is 24.0 Å². The third-order valence-corrected chi connectivity index (χ3v) is 5.53. The SMILES string of the molecule is CC[C@@H](C)c1ccc(N=Cc2cc(Cc3ccccc3)cc(Br)c2O)c(O)c1. The van der Waals surface area contributed by atoms with Crippen LogP contribution in [-0.4, -0.2) is 16.4 Å². The fourth-order valence-electron chi connectivity index (χ4n) is 3.04. The van der Waals surface area contributed by atoms with Gasteiger partial charge in [0.25, 0.3) is 0 Å². The molecular weight excluding hydrogens is 414 g/mol. The Bertz CT molecular complexity index is 983. The molecule has 0 saturated carbocycles. The molecule has 0 spiro atoms. The predicted molar refractivity (Wildman–Crippen MR) is 119 cm³/mol. The fourth-order valence-corrected chi connectivity index (χ4v) is 3.56. The summed E-state index contributed by atoms with van der Waals surface area (Å²) < 4.78 is 0.624. The lowest BCUT2D eigenvalue weighted by molar-refractivity contribution is 0.470. The first-order valence-corrected chi connectivity index (χ1v) is 10.2. The maximum atomic E-state index is 10.4. The Morgan fingerprint density at radius 3 is 2.43 bits per heavy atom. The number of hydrogen-bond acceptors (Lipinski definition) is 3. The van der Waals surface area contributed by atoms with E-state index in [4.69, 9.17) is 0 Å². The van der Waals surface area contributed by atoms with Crippen LogP contribution < -0.4 is 0 Å². The smallest absolute Gasteiger partial charge is 0.141 e. The van der Waals surface area contributed by atoms with Gasteiger partial charge in [-0.15, -0.1) is 0 Å². The monoisotopic (exact) mass is 437 g/mol. The second-order valence-electron chi connectivity index (χ2n) is 6.99. The van der Waals surface area contributed by atoms with E-state index in [1.54, 1.807) is 12.3 Å². The van der Waals surface area contributed by atoms with E-state index >= 15 is 0 Å². The highest BCUT2D eigenvalue weighted by Gasteiger charge is 2.09. The molecule has 0 radical (unpaired) electrons. The first-order chi connectivity index (χ1) is 13.5. The summed E-state index contributed by atoms with van der Waals surface area (Å²) in [5, 5.41) is 20.7. The Hall–Kier alpha value is -2.59. The van der Waals surface area contributed by atoms with Crippen LogP contribution in [0, 0.1) is 0 Å². The van der Waals surface area contributed by atoms with Gasteiger partial charge in [-0.2, -0.15) is 0 Å². The number of rotatable bonds is 6. The second kappa shape index (κ2) is 9.07. The molecule has 2 N–H and O–H groups in total. The van der Waals surface area contributed by atoms with Gasteiger partial charge in [-0.25, -0.2) is 0 Å². The van der Waals surface area contributed by atoms with Crippen LogP contribution in [0.15, 0.2) is 70.1 Å². The van der Waals surface area contributed by atoms with E-state index in [1.807, 2.05) is 42.5 Å². The van der Waals surface area contributed by atoms with Crippen molar-refractivity contribution >= 4 is 27.8 Å². The minimum absolute atomic E-state index is 0.135. The number of halogens is 1. The average molecular weight is 438 g/mol. The molecule has 4 heteroatoms. The Morgan fingerprint density at radius 1 is 1.00 bits per heavy atom. The van der Waals surface area contributed by atoms with Crippen LogP contribution in [0.4, 0.5) is 5.69 Å². The maximum Gasteiger partial charge on any atom is 0.141 e. The van der Waals surface area contributed by atoms with Crippen molar-refractivity contribution in [2.75, 3.05) is 0 Å². The zero-order valence-electron chi connectivity index (χ0n) is 16.1. The lowest BCUT2D eigenvalue weighted by Gasteiger charge is -2.10. The summed E-state index contributed by atoms with van der Waals surface area (Å²) in [7, 11) is 0. The van der Waals surface area contributed by atoms with E-state index in [-0.39, 0.29) is 11.5 Å². The number of aromatic hydroxyl groups is 2. The molecule has 28 heavy (non-hydrogen) atoms. The lowest BCUT2D eigenvalue weighted by atomic mass is 9.98. The minimum Gasteiger partial charge on any atom is -0.506 e. The second-order valence-corrected chi connectivity index (χ2v) is 7.85. The van der Waals surface area contributed by atoms with E-state index in [9.17, 15) is 10.2 Å². The maximum absolute atomic E-state index is 10.4. The van der Waals surface area contributed by atoms with Gasteiger partial charge in [-0.05, 0) is 75.6 Å². The van der Waals surface area contributed by atoms with E-state index in [2.05, 4.69) is 46.9 Å². The Labute approximate surface area is 174 Å². The van der Waals surface area contributed by atoms with Gasteiger partial charge in [0.1, 0.15) is 17.2 Å². The normalized spacial score (nSPS) is 12.4. The third kappa shape index (κ3) is 4.82. The molecule has 0 fully saturated rings. The first-order valence-electron chi connectivity index (χ1n) is 9.40. The van der Waals surface area contributed by atoms with Crippen molar-refractivity contribution in [2.45, 2.75) is 32.6 Å². The third-order valence-electron chi connectivity index (χ3n) is 4.93. The summed E-state index contributed by atoms with van der Waals surface area (Å²) >= 11 is 3.42. The molecular formula is C24H24BrNO2. The summed E-state index contributed by atoms with van der Waals surface area (Å²) in [5.74, 6) is 0.669. The minimum atomic E-state index is 0.135. The van der Waals surface area contributed by atoms with Crippen molar-refractivity contribution in [3.05, 3.63) is 87.4 Å². The predicted octanol–water partition coefficient (Wildman–Crippen LogP) is 6.72. The van der Waals surface area contributed by atoms with Crippen LogP contribution in [0.3, 0.4) is 0 Å². The van der Waals surface area contributed by atoms with E-state index < -0.39 is 0 Å². The molecule has 144 valence electrons. The van der Waals surface area contributed by atoms with Crippen LogP contribution in [0.1, 0.15) is 48.4 Å². The van der Waals surface area contributed by atoms with Crippen molar-refractivity contribution in [3.63, 3.8) is 0 Å². The molecule has 0 heterocycles. The molecule has 3 nitrogen and oxygen atoms in total. The topological polar surface area (TPSA) is 52.8 Å². The number of nitrogens with zero attached hydrogens (tertiary/aromatic N) is 1. The molecule has 0 bridgehead atoms. The molecule has 1 atom stereocenters. The van der Waals surface area contributed by atoms with Crippen LogP contribution in [0.25, 0.3) is 0 Å². The molecule has 3 rings (SSSR count). The van der Waals surface area contributed by atoms with Gasteiger partial charge in [0, 0.05) is 11.8 Å². The summed E-state index contributed by atoms with van der Waals surface area (Å²) in [6.45, 7) is 4.25. The number of phenols is 2. The molecule has 0 aromatic heterocycles. The van der Waals surface area contributed by atoms with Crippen LogP contribution in [-0.2, 0) is 6.42 Å². The van der Waals surface area contributed by atoms with Crippen molar-refractivity contribution in [3.8, 4) is 11.5 Å². The zero-order chi connectivity index (χ0) is 20.1. The Morgan fingerprint density at radius 2 is 1.75 bits per heavy atom. The molecule has 3 aromatic rings. The Kier molecular flexibility index (Phi) is 6.53. The number of phenolic OH excluding ortho intramolecular Hbond substituents is 2. The lowest BCUT2D eigenvalue weighted by Crippen LogP contribution is -1.93. The van der Waals surface area contributed by atoms with Gasteiger partial charge in [-0.3, -0.25) is 4.99 Å². The van der Waals surface area contributed by atoms with Crippen LogP contribution in [0.2, 0.25) is 0 Å².